The van der Waals surface area contributed by atoms with Crippen molar-refractivity contribution in [3.8, 4) is 0 Å². The van der Waals surface area contributed by atoms with Gasteiger partial charge in [0.1, 0.15) is 5.69 Å². The van der Waals surface area contributed by atoms with Crippen LogP contribution in [0.4, 0.5) is 17.1 Å². The van der Waals surface area contributed by atoms with Crippen molar-refractivity contribution in [1.82, 2.24) is 0 Å². The molecular formula is C18H18N3O3-. The molecule has 0 bridgehead atoms. The number of carbonyl (C=O) groups excluding carboxylic acids is 2. The third-order valence-corrected chi connectivity index (χ3v) is 3.29. The van der Waals surface area contributed by atoms with Crippen molar-refractivity contribution < 1.29 is 14.7 Å². The first-order valence-electron chi connectivity index (χ1n) is 7.53. The van der Waals surface area contributed by atoms with E-state index < -0.39 is 11.9 Å². The summed E-state index contributed by atoms with van der Waals surface area (Å²) in [5.74, 6) is -1.66. The van der Waals surface area contributed by atoms with Crippen LogP contribution in [-0.4, -0.2) is 11.9 Å². The maximum absolute atomic E-state index is 11.8. The molecule has 0 fully saturated rings. The Balaban J connectivity index is 2.16. The third-order valence-electron chi connectivity index (χ3n) is 3.29. The molecule has 124 valence electrons. The molecule has 0 heterocycles. The average Bonchev–Trinajstić information content (AvgIpc) is 2.54. The summed E-state index contributed by atoms with van der Waals surface area (Å²) >= 11 is 0. The molecule has 2 aromatic carbocycles. The van der Waals surface area contributed by atoms with Gasteiger partial charge in [0.15, 0.2) is 0 Å². The van der Waals surface area contributed by atoms with Crippen LogP contribution in [-0.2, 0) is 9.59 Å². The molecule has 0 spiro atoms. The van der Waals surface area contributed by atoms with Crippen molar-refractivity contribution in [2.24, 2.45) is 10.2 Å². The van der Waals surface area contributed by atoms with E-state index in [0.29, 0.717) is 17.1 Å². The van der Waals surface area contributed by atoms with Crippen molar-refractivity contribution in [2.45, 2.75) is 26.7 Å². The molecule has 0 radical (unpaired) electrons. The predicted octanol–water partition coefficient (Wildman–Crippen LogP) is 3.19. The van der Waals surface area contributed by atoms with E-state index in [1.807, 2.05) is 44.2 Å². The van der Waals surface area contributed by atoms with Crippen molar-refractivity contribution in [1.29, 1.82) is 0 Å². The number of carboxylic acid groups (broad SMARTS) is 1. The molecule has 0 aliphatic rings. The fourth-order valence-electron chi connectivity index (χ4n) is 1.98. The van der Waals surface area contributed by atoms with Gasteiger partial charge in [-0.3, -0.25) is 4.79 Å². The summed E-state index contributed by atoms with van der Waals surface area (Å²) in [4.78, 5) is 22.2. The Kier molecular flexibility index (Phi) is 5.78. The number of azo groups is 1. The number of hydrogen-bond acceptors (Lipinski definition) is 5. The highest BCUT2D eigenvalue weighted by molar-refractivity contribution is 5.94. The number of hydrogen-bond donors (Lipinski definition) is 1. The largest absolute Gasteiger partial charge is 0.550 e. The van der Waals surface area contributed by atoms with Crippen LogP contribution in [0, 0.1) is 13.8 Å². The second-order valence-electron chi connectivity index (χ2n) is 5.48. The summed E-state index contributed by atoms with van der Waals surface area (Å²) in [6, 6.07) is 12.9. The monoisotopic (exact) mass is 324 g/mol. The van der Waals surface area contributed by atoms with E-state index in [2.05, 4.69) is 15.5 Å². The number of benzene rings is 2. The quantitative estimate of drug-likeness (QED) is 0.827. The number of nitrogens with one attached hydrogen (secondary N) is 1. The van der Waals surface area contributed by atoms with Gasteiger partial charge >= 0.3 is 0 Å². The van der Waals surface area contributed by atoms with Crippen molar-refractivity contribution >= 4 is 28.9 Å². The van der Waals surface area contributed by atoms with Crippen molar-refractivity contribution in [3.05, 3.63) is 53.6 Å². The number of aliphatic carboxylic acids is 1. The molecule has 0 aliphatic heterocycles. The molecule has 6 heteroatoms. The van der Waals surface area contributed by atoms with Crippen LogP contribution in [0.15, 0.2) is 52.7 Å². The number of anilines is 1. The van der Waals surface area contributed by atoms with E-state index >= 15 is 0 Å². The molecule has 24 heavy (non-hydrogen) atoms. The van der Waals surface area contributed by atoms with Gasteiger partial charge in [0.25, 0.3) is 0 Å². The Labute approximate surface area is 140 Å². The van der Waals surface area contributed by atoms with Crippen LogP contribution in [0.3, 0.4) is 0 Å². The standard InChI is InChI=1S/C18H19N3O3/c1-12-3-6-14(7-4-12)20-21-16-11-13(2)5-8-15(16)19-17(22)9-10-18(23)24/h3-8,11H,9-10H2,1-2H3,(H,19,22)(H,23,24)/p-1. The lowest BCUT2D eigenvalue weighted by Gasteiger charge is -2.09. The van der Waals surface area contributed by atoms with Crippen molar-refractivity contribution in [2.75, 3.05) is 5.32 Å². The summed E-state index contributed by atoms with van der Waals surface area (Å²) in [6.07, 6.45) is -0.470. The van der Waals surface area contributed by atoms with Gasteiger partial charge in [-0.1, -0.05) is 23.8 Å². The van der Waals surface area contributed by atoms with Gasteiger partial charge in [-0.2, -0.15) is 5.11 Å². The average molecular weight is 324 g/mol. The summed E-state index contributed by atoms with van der Waals surface area (Å²) in [5.41, 5.74) is 3.81. The van der Waals surface area contributed by atoms with Crippen LogP contribution < -0.4 is 10.4 Å². The van der Waals surface area contributed by atoms with E-state index in [9.17, 15) is 14.7 Å². The number of nitrogens with zero attached hydrogens (tertiary/aromatic N) is 2. The lowest BCUT2D eigenvalue weighted by atomic mass is 10.2. The maximum atomic E-state index is 11.8. The Morgan fingerprint density at radius 3 is 2.29 bits per heavy atom. The minimum Gasteiger partial charge on any atom is -0.550 e. The van der Waals surface area contributed by atoms with Crippen LogP contribution in [0.5, 0.6) is 0 Å². The van der Waals surface area contributed by atoms with Gasteiger partial charge < -0.3 is 15.2 Å². The second-order valence-corrected chi connectivity index (χ2v) is 5.48. The van der Waals surface area contributed by atoms with E-state index in [1.54, 1.807) is 12.1 Å². The van der Waals surface area contributed by atoms with Crippen LogP contribution in [0.25, 0.3) is 0 Å². The first kappa shape index (κ1) is 17.3. The lowest BCUT2D eigenvalue weighted by Crippen LogP contribution is -2.24. The van der Waals surface area contributed by atoms with E-state index in [4.69, 9.17) is 0 Å². The zero-order valence-corrected chi connectivity index (χ0v) is 13.6. The number of carboxylic acids is 1. The van der Waals surface area contributed by atoms with Crippen LogP contribution in [0.2, 0.25) is 0 Å². The molecule has 0 unspecified atom stereocenters. The van der Waals surface area contributed by atoms with Gasteiger partial charge in [0.2, 0.25) is 5.91 Å². The number of rotatable bonds is 6. The van der Waals surface area contributed by atoms with Gasteiger partial charge in [0, 0.05) is 12.4 Å². The first-order chi connectivity index (χ1) is 11.4. The number of carbonyl (C=O) groups is 2. The molecule has 0 saturated heterocycles. The molecule has 0 aromatic heterocycles. The molecule has 0 saturated carbocycles. The van der Waals surface area contributed by atoms with Gasteiger partial charge in [-0.15, -0.1) is 5.11 Å². The van der Waals surface area contributed by atoms with Crippen LogP contribution >= 0.6 is 0 Å². The summed E-state index contributed by atoms with van der Waals surface area (Å²) in [7, 11) is 0. The highest BCUT2D eigenvalue weighted by Gasteiger charge is 2.07. The zero-order chi connectivity index (χ0) is 17.5. The SMILES string of the molecule is Cc1ccc(N=Nc2cc(C)ccc2NC(=O)CCC(=O)[O-])cc1. The molecule has 1 N–H and O–H groups in total. The molecule has 6 nitrogen and oxygen atoms in total. The fraction of sp³-hybridized carbons (Fsp3) is 0.222. The normalized spacial score (nSPS) is 10.8. The minimum absolute atomic E-state index is 0.148. The van der Waals surface area contributed by atoms with Crippen molar-refractivity contribution in [3.63, 3.8) is 0 Å². The van der Waals surface area contributed by atoms with Gasteiger partial charge in [-0.05, 0) is 50.1 Å². The first-order valence-corrected chi connectivity index (χ1v) is 7.53. The lowest BCUT2D eigenvalue weighted by molar-refractivity contribution is -0.305. The highest BCUT2D eigenvalue weighted by atomic mass is 16.4. The topological polar surface area (TPSA) is 94.0 Å². The fourth-order valence-corrected chi connectivity index (χ4v) is 1.98. The van der Waals surface area contributed by atoms with E-state index in [-0.39, 0.29) is 12.8 Å². The Morgan fingerprint density at radius 2 is 1.62 bits per heavy atom. The summed E-state index contributed by atoms with van der Waals surface area (Å²) in [5, 5.41) is 21.4. The molecule has 1 amide bonds. The van der Waals surface area contributed by atoms with E-state index in [0.717, 1.165) is 11.1 Å². The van der Waals surface area contributed by atoms with Crippen LogP contribution in [0.1, 0.15) is 24.0 Å². The third kappa shape index (κ3) is 5.31. The number of amides is 1. The second kappa shape index (κ2) is 8.01. The molecule has 2 rings (SSSR count). The number of aryl methyl sites for hydroxylation is 2. The molecule has 0 atom stereocenters. The predicted molar refractivity (Wildman–Crippen MR) is 89.4 cm³/mol. The van der Waals surface area contributed by atoms with Gasteiger partial charge in [0.05, 0.1) is 11.4 Å². The summed E-state index contributed by atoms with van der Waals surface area (Å²) < 4.78 is 0. The molecule has 2 aromatic rings. The maximum Gasteiger partial charge on any atom is 0.224 e. The molecule has 0 aliphatic carbocycles. The Morgan fingerprint density at radius 1 is 0.958 bits per heavy atom. The minimum atomic E-state index is -1.26. The van der Waals surface area contributed by atoms with E-state index in [1.165, 1.54) is 0 Å². The Bertz CT molecular complexity index is 768. The smallest absolute Gasteiger partial charge is 0.224 e. The zero-order valence-electron chi connectivity index (χ0n) is 13.6. The summed E-state index contributed by atoms with van der Waals surface area (Å²) in [6.45, 7) is 3.90. The Hall–Kier alpha value is -3.02. The van der Waals surface area contributed by atoms with Gasteiger partial charge in [-0.25, -0.2) is 0 Å². The highest BCUT2D eigenvalue weighted by Crippen LogP contribution is 2.28. The molecular weight excluding hydrogens is 306 g/mol.